The number of imidazole rings is 1. The first-order valence-corrected chi connectivity index (χ1v) is 7.45. The molecule has 1 aromatic rings. The van der Waals surface area contributed by atoms with Gasteiger partial charge in [-0.05, 0) is 12.8 Å². The summed E-state index contributed by atoms with van der Waals surface area (Å²) in [5, 5.41) is 0.0622. The number of nitrogens with two attached hydrogens (primary N) is 1. The van der Waals surface area contributed by atoms with E-state index in [1.54, 1.807) is 18.7 Å². The summed E-state index contributed by atoms with van der Waals surface area (Å²) in [5.41, 5.74) is 5.23. The van der Waals surface area contributed by atoms with Gasteiger partial charge in [-0.25, -0.2) is 13.4 Å². The van der Waals surface area contributed by atoms with Crippen LogP contribution in [0.1, 0.15) is 26.7 Å². The summed E-state index contributed by atoms with van der Waals surface area (Å²) in [5.74, 6) is 0. The molecule has 2 N–H and O–H groups in total. The van der Waals surface area contributed by atoms with Crippen molar-refractivity contribution in [3.8, 4) is 0 Å². The van der Waals surface area contributed by atoms with E-state index in [-0.39, 0.29) is 5.03 Å². The molecule has 18 heavy (non-hydrogen) atoms. The topological polar surface area (TPSA) is 81.2 Å². The fraction of sp³-hybridized carbons (Fsp3) is 0.727. The summed E-state index contributed by atoms with van der Waals surface area (Å²) < 4.78 is 27.9. The summed E-state index contributed by atoms with van der Waals surface area (Å²) >= 11 is 0. The van der Waals surface area contributed by atoms with Crippen LogP contribution in [0, 0.1) is 0 Å². The van der Waals surface area contributed by atoms with Crippen molar-refractivity contribution >= 4 is 10.0 Å². The van der Waals surface area contributed by atoms with Crippen LogP contribution >= 0.6 is 0 Å². The third-order valence-corrected chi connectivity index (χ3v) is 5.52. The van der Waals surface area contributed by atoms with Gasteiger partial charge in [0.05, 0.1) is 6.33 Å². The Hall–Kier alpha value is -0.920. The van der Waals surface area contributed by atoms with Crippen molar-refractivity contribution < 1.29 is 8.42 Å². The summed E-state index contributed by atoms with van der Waals surface area (Å²) in [7, 11) is -0.279. The highest BCUT2D eigenvalue weighted by Gasteiger charge is 2.38. The third kappa shape index (κ3) is 2.43. The van der Waals surface area contributed by atoms with Gasteiger partial charge in [-0.15, -0.1) is 0 Å². The Morgan fingerprint density at radius 1 is 1.44 bits per heavy atom. The quantitative estimate of drug-likeness (QED) is 0.821. The lowest BCUT2D eigenvalue weighted by Gasteiger charge is -2.38. The van der Waals surface area contributed by atoms with Gasteiger partial charge in [0.2, 0.25) is 0 Å². The number of hydrogen-bond acceptors (Lipinski definition) is 4. The monoisotopic (exact) mass is 274 g/mol. The van der Waals surface area contributed by atoms with Crippen LogP contribution in [0.5, 0.6) is 0 Å². The van der Waals surface area contributed by atoms with Crippen LogP contribution < -0.4 is 5.73 Å². The second kappa shape index (κ2) is 5.38. The molecular weight excluding hydrogens is 252 g/mol. The summed E-state index contributed by atoms with van der Waals surface area (Å²) in [6, 6.07) is 0. The molecule has 1 aromatic heterocycles. The van der Waals surface area contributed by atoms with Gasteiger partial charge in [-0.1, -0.05) is 13.8 Å². The Kier molecular flexibility index (Phi) is 4.52. The van der Waals surface area contributed by atoms with Gasteiger partial charge in [0.25, 0.3) is 10.0 Å². The van der Waals surface area contributed by atoms with Crippen LogP contribution in [-0.4, -0.2) is 41.4 Å². The number of aryl methyl sites for hydroxylation is 1. The van der Waals surface area contributed by atoms with Crippen molar-refractivity contribution in [2.45, 2.75) is 37.3 Å². The van der Waals surface area contributed by atoms with Gasteiger partial charge in [0.15, 0.2) is 5.03 Å². The molecule has 7 heteroatoms. The standard InChI is InChI=1S/C11H22N4O2S/c1-5-11(6-2,8-12)15(4)18(16,17)10-7-14(3)9-13-10/h7,9H,5-6,8,12H2,1-4H3. The zero-order valence-corrected chi connectivity index (χ0v) is 12.2. The summed E-state index contributed by atoms with van der Waals surface area (Å²) in [6.45, 7) is 4.18. The Morgan fingerprint density at radius 3 is 2.33 bits per heavy atom. The molecule has 0 aromatic carbocycles. The van der Waals surface area contributed by atoms with Crippen LogP contribution in [-0.2, 0) is 17.1 Å². The van der Waals surface area contributed by atoms with Crippen molar-refractivity contribution in [1.82, 2.24) is 13.9 Å². The van der Waals surface area contributed by atoms with E-state index in [9.17, 15) is 8.42 Å². The van der Waals surface area contributed by atoms with E-state index < -0.39 is 15.6 Å². The maximum atomic E-state index is 12.5. The number of hydrogen-bond donors (Lipinski definition) is 1. The first-order valence-electron chi connectivity index (χ1n) is 6.01. The van der Waals surface area contributed by atoms with Crippen LogP contribution in [0.4, 0.5) is 0 Å². The van der Waals surface area contributed by atoms with Crippen LogP contribution in [0.25, 0.3) is 0 Å². The summed E-state index contributed by atoms with van der Waals surface area (Å²) in [4.78, 5) is 3.92. The van der Waals surface area contributed by atoms with E-state index in [0.717, 1.165) is 0 Å². The molecule has 0 atom stereocenters. The largest absolute Gasteiger partial charge is 0.339 e. The van der Waals surface area contributed by atoms with Crippen molar-refractivity contribution in [3.05, 3.63) is 12.5 Å². The van der Waals surface area contributed by atoms with Crippen LogP contribution in [0.2, 0.25) is 0 Å². The molecule has 0 unspecified atom stereocenters. The highest BCUT2D eigenvalue weighted by Crippen LogP contribution is 2.27. The Labute approximate surface area is 109 Å². The van der Waals surface area contributed by atoms with Gasteiger partial charge in [0, 0.05) is 32.4 Å². The maximum absolute atomic E-state index is 12.5. The van der Waals surface area contributed by atoms with Crippen molar-refractivity contribution in [3.63, 3.8) is 0 Å². The number of rotatable bonds is 6. The van der Waals surface area contributed by atoms with Gasteiger partial charge in [0.1, 0.15) is 0 Å². The lowest BCUT2D eigenvalue weighted by Crippen LogP contribution is -2.53. The molecule has 0 bridgehead atoms. The van der Waals surface area contributed by atoms with Gasteiger partial charge < -0.3 is 10.3 Å². The molecule has 0 spiro atoms. The van der Waals surface area contributed by atoms with Crippen LogP contribution in [0.15, 0.2) is 17.6 Å². The average molecular weight is 274 g/mol. The van der Waals surface area contributed by atoms with Crippen LogP contribution in [0.3, 0.4) is 0 Å². The highest BCUT2D eigenvalue weighted by molar-refractivity contribution is 7.89. The molecule has 0 aliphatic rings. The molecule has 0 aliphatic heterocycles. The predicted molar refractivity (Wildman–Crippen MR) is 70.5 cm³/mol. The molecule has 6 nitrogen and oxygen atoms in total. The lowest BCUT2D eigenvalue weighted by atomic mass is 9.93. The van der Waals surface area contributed by atoms with E-state index in [4.69, 9.17) is 5.73 Å². The minimum Gasteiger partial charge on any atom is -0.339 e. The minimum atomic E-state index is -3.59. The summed E-state index contributed by atoms with van der Waals surface area (Å²) in [6.07, 6.45) is 4.31. The molecule has 0 saturated heterocycles. The van der Waals surface area contributed by atoms with Crippen molar-refractivity contribution in [1.29, 1.82) is 0 Å². The zero-order chi connectivity index (χ0) is 14.0. The van der Waals surface area contributed by atoms with E-state index in [1.165, 1.54) is 16.8 Å². The van der Waals surface area contributed by atoms with Gasteiger partial charge in [-0.2, -0.15) is 4.31 Å². The fourth-order valence-corrected chi connectivity index (χ4v) is 3.63. The Morgan fingerprint density at radius 2 is 2.00 bits per heavy atom. The number of sulfonamides is 1. The van der Waals surface area contributed by atoms with E-state index in [2.05, 4.69) is 4.98 Å². The zero-order valence-electron chi connectivity index (χ0n) is 11.4. The fourth-order valence-electron chi connectivity index (χ4n) is 2.03. The van der Waals surface area contributed by atoms with Crippen molar-refractivity contribution in [2.24, 2.45) is 12.8 Å². The lowest BCUT2D eigenvalue weighted by molar-refractivity contribution is 0.207. The first-order chi connectivity index (χ1) is 8.34. The normalized spacial score (nSPS) is 13.2. The Balaban J connectivity index is 3.20. The smallest absolute Gasteiger partial charge is 0.262 e. The highest BCUT2D eigenvalue weighted by atomic mass is 32.2. The molecule has 1 heterocycles. The van der Waals surface area contributed by atoms with Gasteiger partial charge in [-0.3, -0.25) is 0 Å². The molecule has 0 saturated carbocycles. The number of aromatic nitrogens is 2. The number of likely N-dealkylation sites (N-methyl/N-ethyl adjacent to an activating group) is 1. The molecule has 104 valence electrons. The van der Waals surface area contributed by atoms with E-state index in [1.807, 2.05) is 13.8 Å². The molecule has 0 radical (unpaired) electrons. The Bertz CT molecular complexity index is 483. The SMILES string of the molecule is CCC(CC)(CN)N(C)S(=O)(=O)c1cn(C)cn1. The second-order valence-electron chi connectivity index (χ2n) is 4.49. The second-order valence-corrected chi connectivity index (χ2v) is 6.40. The first kappa shape index (κ1) is 15.1. The molecule has 1 rings (SSSR count). The number of nitrogens with zero attached hydrogens (tertiary/aromatic N) is 3. The molecular formula is C11H22N4O2S. The minimum absolute atomic E-state index is 0.0622. The maximum Gasteiger partial charge on any atom is 0.262 e. The van der Waals surface area contributed by atoms with E-state index in [0.29, 0.717) is 19.4 Å². The molecule has 0 amide bonds. The molecule has 0 aliphatic carbocycles. The van der Waals surface area contributed by atoms with Crippen molar-refractivity contribution in [2.75, 3.05) is 13.6 Å². The average Bonchev–Trinajstić information content (AvgIpc) is 2.79. The van der Waals surface area contributed by atoms with E-state index >= 15 is 0 Å². The molecule has 0 fully saturated rings. The van der Waals surface area contributed by atoms with Gasteiger partial charge >= 0.3 is 0 Å². The predicted octanol–water partition coefficient (Wildman–Crippen LogP) is 0.558. The third-order valence-electron chi connectivity index (χ3n) is 3.67.